The molecule has 1 N–H and O–H groups in total. The zero-order chi connectivity index (χ0) is 21.9. The van der Waals surface area contributed by atoms with Crippen LogP contribution in [0, 0.1) is 25.5 Å². The standard InChI is InChI=1S/C21H24F2N2O4S/c1-14-5-3-7-19(15(14)2)24-21(26)13-25(12-17-6-4-10-29-17)30(27,28)20-9-8-16(22)11-18(20)23/h3,5,7-9,11,17H,4,6,10,12-13H2,1-2H3,(H,24,26). The molecule has 1 amide bonds. The fourth-order valence-corrected chi connectivity index (χ4v) is 4.80. The third-order valence-corrected chi connectivity index (χ3v) is 6.99. The minimum Gasteiger partial charge on any atom is -0.377 e. The molecule has 1 aliphatic rings. The summed E-state index contributed by atoms with van der Waals surface area (Å²) in [5.41, 5.74) is 2.41. The van der Waals surface area contributed by atoms with Crippen LogP contribution in [0.2, 0.25) is 0 Å². The van der Waals surface area contributed by atoms with E-state index in [1.165, 1.54) is 0 Å². The van der Waals surface area contributed by atoms with Gasteiger partial charge in [-0.15, -0.1) is 0 Å². The van der Waals surface area contributed by atoms with Gasteiger partial charge in [0.2, 0.25) is 15.9 Å². The summed E-state index contributed by atoms with van der Waals surface area (Å²) < 4.78 is 60.1. The van der Waals surface area contributed by atoms with E-state index >= 15 is 0 Å². The fourth-order valence-electron chi connectivity index (χ4n) is 3.32. The number of halogens is 2. The molecule has 1 heterocycles. The van der Waals surface area contributed by atoms with Gasteiger partial charge in [0.1, 0.15) is 16.5 Å². The lowest BCUT2D eigenvalue weighted by atomic mass is 10.1. The number of hydrogen-bond donors (Lipinski definition) is 1. The van der Waals surface area contributed by atoms with Gasteiger partial charge in [0.15, 0.2) is 0 Å². The van der Waals surface area contributed by atoms with Crippen molar-refractivity contribution in [3.63, 3.8) is 0 Å². The summed E-state index contributed by atoms with van der Waals surface area (Å²) in [4.78, 5) is 12.0. The highest BCUT2D eigenvalue weighted by atomic mass is 32.2. The number of ether oxygens (including phenoxy) is 1. The van der Waals surface area contributed by atoms with E-state index in [2.05, 4.69) is 5.32 Å². The molecule has 0 aliphatic carbocycles. The molecule has 30 heavy (non-hydrogen) atoms. The average Bonchev–Trinajstić information content (AvgIpc) is 3.18. The van der Waals surface area contributed by atoms with Gasteiger partial charge in [-0.25, -0.2) is 17.2 Å². The molecule has 1 fully saturated rings. The Hall–Kier alpha value is -2.36. The average molecular weight is 438 g/mol. The SMILES string of the molecule is Cc1cccc(NC(=O)CN(CC2CCCO2)S(=O)(=O)c2ccc(F)cc2F)c1C. The molecule has 2 aromatic rings. The monoisotopic (exact) mass is 438 g/mol. The Bertz CT molecular complexity index is 1040. The highest BCUT2D eigenvalue weighted by molar-refractivity contribution is 7.89. The summed E-state index contributed by atoms with van der Waals surface area (Å²) in [5.74, 6) is -2.65. The molecular formula is C21H24F2N2O4S. The number of sulfonamides is 1. The predicted octanol–water partition coefficient (Wildman–Crippen LogP) is 3.39. The first-order valence-corrected chi connectivity index (χ1v) is 11.1. The van der Waals surface area contributed by atoms with Gasteiger partial charge in [0.25, 0.3) is 0 Å². The molecule has 162 valence electrons. The molecule has 1 saturated heterocycles. The Kier molecular flexibility index (Phi) is 6.84. The third-order valence-electron chi connectivity index (χ3n) is 5.14. The number of hydrogen-bond acceptors (Lipinski definition) is 4. The van der Waals surface area contributed by atoms with Gasteiger partial charge >= 0.3 is 0 Å². The number of nitrogens with one attached hydrogen (secondary N) is 1. The van der Waals surface area contributed by atoms with Crippen LogP contribution in [-0.2, 0) is 19.6 Å². The zero-order valence-electron chi connectivity index (χ0n) is 16.8. The van der Waals surface area contributed by atoms with Gasteiger partial charge in [0.05, 0.1) is 12.6 Å². The molecule has 3 rings (SSSR count). The molecule has 0 radical (unpaired) electrons. The lowest BCUT2D eigenvalue weighted by Crippen LogP contribution is -2.42. The number of aryl methyl sites for hydroxylation is 1. The van der Waals surface area contributed by atoms with Crippen molar-refractivity contribution in [2.24, 2.45) is 0 Å². The Morgan fingerprint density at radius 3 is 2.67 bits per heavy atom. The van der Waals surface area contributed by atoms with E-state index in [0.717, 1.165) is 34.0 Å². The molecule has 0 spiro atoms. The number of rotatable bonds is 7. The summed E-state index contributed by atoms with van der Waals surface area (Å²) in [6, 6.07) is 7.65. The van der Waals surface area contributed by atoms with Crippen molar-refractivity contribution in [1.82, 2.24) is 4.31 Å². The van der Waals surface area contributed by atoms with E-state index in [4.69, 9.17) is 4.74 Å². The predicted molar refractivity (Wildman–Crippen MR) is 109 cm³/mol. The van der Waals surface area contributed by atoms with E-state index in [1.807, 2.05) is 19.9 Å². The molecule has 9 heteroatoms. The Morgan fingerprint density at radius 1 is 1.23 bits per heavy atom. The first-order valence-electron chi connectivity index (χ1n) is 9.61. The number of anilines is 1. The van der Waals surface area contributed by atoms with Crippen LogP contribution in [0.15, 0.2) is 41.3 Å². The molecule has 0 bridgehead atoms. The Labute approximate surface area is 174 Å². The van der Waals surface area contributed by atoms with Crippen molar-refractivity contribution in [2.75, 3.05) is 25.0 Å². The van der Waals surface area contributed by atoms with E-state index in [-0.39, 0.29) is 6.54 Å². The number of carbonyl (C=O) groups excluding carboxylic acids is 1. The third kappa shape index (κ3) is 5.03. The van der Waals surface area contributed by atoms with Crippen molar-refractivity contribution in [2.45, 2.75) is 37.7 Å². The van der Waals surface area contributed by atoms with Crippen LogP contribution in [0.5, 0.6) is 0 Å². The summed E-state index contributed by atoms with van der Waals surface area (Å²) in [6.07, 6.45) is 1.02. The molecule has 6 nitrogen and oxygen atoms in total. The van der Waals surface area contributed by atoms with Crippen LogP contribution in [0.1, 0.15) is 24.0 Å². The number of benzene rings is 2. The van der Waals surface area contributed by atoms with Gasteiger partial charge in [-0.3, -0.25) is 4.79 Å². The maximum atomic E-state index is 14.2. The Morgan fingerprint density at radius 2 is 2.00 bits per heavy atom. The second kappa shape index (κ2) is 9.20. The second-order valence-corrected chi connectivity index (χ2v) is 9.21. The van der Waals surface area contributed by atoms with Crippen molar-refractivity contribution in [3.05, 3.63) is 59.2 Å². The van der Waals surface area contributed by atoms with Gasteiger partial charge < -0.3 is 10.1 Å². The van der Waals surface area contributed by atoms with E-state index in [1.54, 1.807) is 12.1 Å². The maximum Gasteiger partial charge on any atom is 0.246 e. The minimum absolute atomic E-state index is 0.0978. The lowest BCUT2D eigenvalue weighted by molar-refractivity contribution is -0.116. The highest BCUT2D eigenvalue weighted by Crippen LogP contribution is 2.24. The number of nitrogens with zero attached hydrogens (tertiary/aromatic N) is 1. The van der Waals surface area contributed by atoms with Crippen molar-refractivity contribution < 1.29 is 26.7 Å². The smallest absolute Gasteiger partial charge is 0.246 e. The van der Waals surface area contributed by atoms with Crippen LogP contribution < -0.4 is 5.32 Å². The summed E-state index contributed by atoms with van der Waals surface area (Å²) in [7, 11) is -4.39. The van der Waals surface area contributed by atoms with Crippen molar-refractivity contribution in [1.29, 1.82) is 0 Å². The molecule has 1 atom stereocenters. The molecule has 0 saturated carbocycles. The van der Waals surface area contributed by atoms with Gasteiger partial charge in [-0.2, -0.15) is 4.31 Å². The molecule has 1 aliphatic heterocycles. The van der Waals surface area contributed by atoms with Crippen LogP contribution in [0.25, 0.3) is 0 Å². The van der Waals surface area contributed by atoms with Crippen LogP contribution >= 0.6 is 0 Å². The van der Waals surface area contributed by atoms with Crippen molar-refractivity contribution >= 4 is 21.6 Å². The summed E-state index contributed by atoms with van der Waals surface area (Å²) in [5, 5.41) is 2.71. The lowest BCUT2D eigenvalue weighted by Gasteiger charge is -2.25. The quantitative estimate of drug-likeness (QED) is 0.719. The number of carbonyl (C=O) groups is 1. The maximum absolute atomic E-state index is 14.2. The number of amides is 1. The first kappa shape index (κ1) is 22.3. The minimum atomic E-state index is -4.39. The zero-order valence-corrected chi connectivity index (χ0v) is 17.6. The highest BCUT2D eigenvalue weighted by Gasteiger charge is 2.32. The molecule has 2 aromatic carbocycles. The largest absolute Gasteiger partial charge is 0.377 e. The van der Waals surface area contributed by atoms with Crippen LogP contribution in [0.4, 0.5) is 14.5 Å². The molecule has 0 aromatic heterocycles. The van der Waals surface area contributed by atoms with Crippen LogP contribution in [-0.4, -0.2) is 44.4 Å². The van der Waals surface area contributed by atoms with E-state index < -0.39 is 45.1 Å². The van der Waals surface area contributed by atoms with Crippen molar-refractivity contribution in [3.8, 4) is 0 Å². The Balaban J connectivity index is 1.86. The normalized spacial score (nSPS) is 16.8. The van der Waals surface area contributed by atoms with Gasteiger partial charge in [-0.05, 0) is 56.0 Å². The summed E-state index contributed by atoms with van der Waals surface area (Å²) in [6.45, 7) is 3.63. The molecule has 1 unspecified atom stereocenters. The van der Waals surface area contributed by atoms with E-state index in [9.17, 15) is 22.0 Å². The topological polar surface area (TPSA) is 75.7 Å². The van der Waals surface area contributed by atoms with E-state index in [0.29, 0.717) is 24.8 Å². The molecular weight excluding hydrogens is 414 g/mol. The van der Waals surface area contributed by atoms with Crippen LogP contribution in [0.3, 0.4) is 0 Å². The second-order valence-electron chi connectivity index (χ2n) is 7.30. The van der Waals surface area contributed by atoms with Gasteiger partial charge in [-0.1, -0.05) is 12.1 Å². The summed E-state index contributed by atoms with van der Waals surface area (Å²) >= 11 is 0. The first-order chi connectivity index (χ1) is 14.2. The van der Waals surface area contributed by atoms with Gasteiger partial charge in [0, 0.05) is 24.9 Å². The fraction of sp³-hybridized carbons (Fsp3) is 0.381.